The number of fused-ring (bicyclic) bond motifs is 6. The van der Waals surface area contributed by atoms with E-state index >= 15 is 0 Å². The first kappa shape index (κ1) is 41.0. The van der Waals surface area contributed by atoms with Crippen LogP contribution in [0.4, 0.5) is 17.1 Å². The van der Waals surface area contributed by atoms with Gasteiger partial charge in [-0.2, -0.15) is 0 Å². The molecule has 0 radical (unpaired) electrons. The van der Waals surface area contributed by atoms with Gasteiger partial charge in [0, 0.05) is 27.7 Å². The third-order valence-electron chi connectivity index (χ3n) is 13.9. The van der Waals surface area contributed by atoms with Gasteiger partial charge in [0.2, 0.25) is 0 Å². The van der Waals surface area contributed by atoms with Crippen molar-refractivity contribution in [2.75, 3.05) is 4.90 Å². The topological polar surface area (TPSA) is 16.4 Å². The predicted molar refractivity (Wildman–Crippen MR) is 296 cm³/mol. The quantitative estimate of drug-likeness (QED) is 0.134. The minimum atomic E-state index is 0.889. The van der Waals surface area contributed by atoms with Crippen LogP contribution in [0.3, 0.4) is 0 Å². The summed E-state index contributed by atoms with van der Waals surface area (Å²) in [5.74, 6) is 0. The molecule has 13 aromatic rings. The Kier molecular flexibility index (Phi) is 10.2. The normalized spacial score (nSPS) is 11.4. The van der Waals surface area contributed by atoms with Crippen molar-refractivity contribution in [1.29, 1.82) is 0 Å². The van der Waals surface area contributed by atoms with Gasteiger partial charge in [-0.05, 0) is 137 Å². The average molecular weight is 892 g/mol. The van der Waals surface area contributed by atoms with E-state index in [1.807, 2.05) is 12.1 Å². The van der Waals surface area contributed by atoms with E-state index in [4.69, 9.17) is 4.42 Å². The zero-order valence-electron chi connectivity index (χ0n) is 38.3. The van der Waals surface area contributed by atoms with Gasteiger partial charge in [0.25, 0.3) is 0 Å². The van der Waals surface area contributed by atoms with Gasteiger partial charge in [0.05, 0.1) is 5.69 Å². The number of anilines is 3. The number of nitrogens with zero attached hydrogens (tertiary/aromatic N) is 1. The van der Waals surface area contributed by atoms with Crippen LogP contribution < -0.4 is 4.90 Å². The second kappa shape index (κ2) is 17.4. The molecular weight excluding hydrogens is 847 g/mol. The van der Waals surface area contributed by atoms with Crippen molar-refractivity contribution >= 4 is 60.5 Å². The molecule has 0 aliphatic rings. The highest BCUT2D eigenvalue weighted by Crippen LogP contribution is 2.46. The van der Waals surface area contributed by atoms with Gasteiger partial charge in [-0.3, -0.25) is 0 Å². The van der Waals surface area contributed by atoms with Crippen molar-refractivity contribution in [3.05, 3.63) is 273 Å². The van der Waals surface area contributed by atoms with Gasteiger partial charge in [-0.1, -0.05) is 218 Å². The molecule has 0 saturated heterocycles. The van der Waals surface area contributed by atoms with Crippen LogP contribution in [0.2, 0.25) is 0 Å². The minimum absolute atomic E-state index is 0.889. The molecule has 1 aromatic heterocycles. The average Bonchev–Trinajstić information content (AvgIpc) is 3.83. The van der Waals surface area contributed by atoms with Crippen LogP contribution in [0.5, 0.6) is 0 Å². The minimum Gasteiger partial charge on any atom is -0.456 e. The van der Waals surface area contributed by atoms with Crippen molar-refractivity contribution in [2.24, 2.45) is 0 Å². The second-order valence-corrected chi connectivity index (χ2v) is 18.0. The highest BCUT2D eigenvalue weighted by molar-refractivity contribution is 6.15. The molecule has 0 fully saturated rings. The number of hydrogen-bond acceptors (Lipinski definition) is 2. The number of benzene rings is 12. The molecule has 2 heteroatoms. The van der Waals surface area contributed by atoms with E-state index in [9.17, 15) is 0 Å². The summed E-state index contributed by atoms with van der Waals surface area (Å²) in [4.78, 5) is 2.43. The molecular formula is C68H45NO. The molecule has 13 rings (SSSR count). The van der Waals surface area contributed by atoms with Gasteiger partial charge in [-0.15, -0.1) is 0 Å². The Labute approximate surface area is 407 Å². The van der Waals surface area contributed by atoms with E-state index in [0.717, 1.165) is 77.9 Å². The highest BCUT2D eigenvalue weighted by Gasteiger charge is 2.21. The molecule has 328 valence electrons. The molecule has 0 unspecified atom stereocenters. The van der Waals surface area contributed by atoms with Gasteiger partial charge in [-0.25, -0.2) is 0 Å². The van der Waals surface area contributed by atoms with E-state index in [2.05, 4.69) is 266 Å². The molecule has 0 aliphatic heterocycles. The summed E-state index contributed by atoms with van der Waals surface area (Å²) >= 11 is 0. The Morgan fingerprint density at radius 1 is 0.243 bits per heavy atom. The summed E-state index contributed by atoms with van der Waals surface area (Å²) < 4.78 is 6.33. The smallest absolute Gasteiger partial charge is 0.136 e. The molecule has 0 N–H and O–H groups in total. The van der Waals surface area contributed by atoms with Crippen LogP contribution >= 0.6 is 0 Å². The zero-order chi connectivity index (χ0) is 46.4. The number of furan rings is 1. The summed E-state index contributed by atoms with van der Waals surface area (Å²) in [5, 5.41) is 7.21. The number of hydrogen-bond donors (Lipinski definition) is 0. The van der Waals surface area contributed by atoms with Crippen molar-refractivity contribution in [3.63, 3.8) is 0 Å². The molecule has 0 aliphatic carbocycles. The van der Waals surface area contributed by atoms with Gasteiger partial charge in [0.15, 0.2) is 0 Å². The number of rotatable bonds is 9. The van der Waals surface area contributed by atoms with E-state index in [-0.39, 0.29) is 0 Å². The van der Waals surface area contributed by atoms with Crippen LogP contribution in [0.1, 0.15) is 0 Å². The Morgan fingerprint density at radius 2 is 0.743 bits per heavy atom. The van der Waals surface area contributed by atoms with Crippen LogP contribution in [0.25, 0.3) is 110 Å². The summed E-state index contributed by atoms with van der Waals surface area (Å²) in [5.41, 5.74) is 19.0. The first-order valence-electron chi connectivity index (χ1n) is 24.0. The Hall–Kier alpha value is -9.24. The fourth-order valence-electron chi connectivity index (χ4n) is 10.5. The lowest BCUT2D eigenvalue weighted by atomic mass is 9.90. The van der Waals surface area contributed by atoms with Crippen molar-refractivity contribution in [2.45, 2.75) is 0 Å². The fourth-order valence-corrected chi connectivity index (χ4v) is 10.5. The maximum absolute atomic E-state index is 6.33. The molecule has 0 atom stereocenters. The first-order valence-corrected chi connectivity index (χ1v) is 24.0. The zero-order valence-corrected chi connectivity index (χ0v) is 38.3. The van der Waals surface area contributed by atoms with Gasteiger partial charge < -0.3 is 9.32 Å². The summed E-state index contributed by atoms with van der Waals surface area (Å²) in [7, 11) is 0. The number of para-hydroxylation sites is 1. The van der Waals surface area contributed by atoms with Gasteiger partial charge in [0.1, 0.15) is 11.2 Å². The van der Waals surface area contributed by atoms with Crippen molar-refractivity contribution in [3.8, 4) is 66.8 Å². The maximum Gasteiger partial charge on any atom is 0.136 e. The largest absolute Gasteiger partial charge is 0.456 e. The monoisotopic (exact) mass is 891 g/mol. The summed E-state index contributed by atoms with van der Waals surface area (Å²) in [6.45, 7) is 0. The molecule has 0 spiro atoms. The summed E-state index contributed by atoms with van der Waals surface area (Å²) in [6.07, 6.45) is 0. The molecule has 0 saturated carbocycles. The lowest BCUT2D eigenvalue weighted by Crippen LogP contribution is -2.11. The van der Waals surface area contributed by atoms with E-state index in [0.29, 0.717) is 0 Å². The molecule has 1 heterocycles. The lowest BCUT2D eigenvalue weighted by molar-refractivity contribution is 0.669. The van der Waals surface area contributed by atoms with E-state index < -0.39 is 0 Å². The first-order chi connectivity index (χ1) is 34.7. The molecule has 2 nitrogen and oxygen atoms in total. The van der Waals surface area contributed by atoms with Crippen LogP contribution in [0.15, 0.2) is 277 Å². The highest BCUT2D eigenvalue weighted by atomic mass is 16.3. The van der Waals surface area contributed by atoms with Crippen LogP contribution in [0, 0.1) is 0 Å². The summed E-state index contributed by atoms with van der Waals surface area (Å²) in [6, 6.07) is 98.8. The van der Waals surface area contributed by atoms with E-state index in [1.165, 1.54) is 49.4 Å². The van der Waals surface area contributed by atoms with Crippen molar-refractivity contribution in [1.82, 2.24) is 0 Å². The van der Waals surface area contributed by atoms with Crippen molar-refractivity contribution < 1.29 is 4.42 Å². The molecule has 0 amide bonds. The third-order valence-corrected chi connectivity index (χ3v) is 13.9. The van der Waals surface area contributed by atoms with Crippen LogP contribution in [-0.2, 0) is 0 Å². The maximum atomic E-state index is 6.33. The Balaban J connectivity index is 0.994. The van der Waals surface area contributed by atoms with Crippen LogP contribution in [-0.4, -0.2) is 0 Å². The Bertz CT molecular complexity index is 4020. The standard InChI is InChI=1S/C68H45NO/c1-4-17-47(18-5-1)57-41-35-51(43-63(57)49-21-8-3-9-22-49)46-31-37-54(38-32-46)69(55-39-33-50(34-40-55)59-28-16-30-67-68(59)62-27-14-15-29-66(62)70-67)65-45-53(36-42-58(65)48-19-6-2-7-20-48)64-44-52-23-10-11-24-56(52)60-25-12-13-26-61(60)64/h1-45H. The second-order valence-electron chi connectivity index (χ2n) is 18.0. The lowest BCUT2D eigenvalue weighted by Gasteiger charge is -2.29. The van der Waals surface area contributed by atoms with Gasteiger partial charge >= 0.3 is 0 Å². The Morgan fingerprint density at radius 3 is 1.44 bits per heavy atom. The molecule has 12 aromatic carbocycles. The predicted octanol–water partition coefficient (Wildman–Crippen LogP) is 19.4. The van der Waals surface area contributed by atoms with E-state index in [1.54, 1.807) is 0 Å². The molecule has 70 heavy (non-hydrogen) atoms. The molecule has 0 bridgehead atoms. The fraction of sp³-hybridized carbons (Fsp3) is 0. The SMILES string of the molecule is c1ccc(-c2ccc(-c3ccc(N(c4ccc(-c5cccc6oc7ccccc7c56)cc4)c4cc(-c5cc6ccccc6c6ccccc56)ccc4-c4ccccc4)cc3)cc2-c2ccccc2)cc1. The third kappa shape index (κ3) is 7.31.